The molecule has 0 spiro atoms. The summed E-state index contributed by atoms with van der Waals surface area (Å²) in [5, 5.41) is 12.0. The van der Waals surface area contributed by atoms with Gasteiger partial charge in [-0.05, 0) is 6.42 Å². The molecule has 2 saturated heterocycles. The Balaban J connectivity index is 1.98. The summed E-state index contributed by atoms with van der Waals surface area (Å²) in [6.45, 7) is 1.81. The van der Waals surface area contributed by atoms with Crippen molar-refractivity contribution in [2.75, 3.05) is 33.4 Å². The summed E-state index contributed by atoms with van der Waals surface area (Å²) in [4.78, 5) is 25.2. The van der Waals surface area contributed by atoms with Crippen LogP contribution in [0.4, 0.5) is 4.79 Å². The molecule has 0 bridgehead atoms. The quantitative estimate of drug-likeness (QED) is 0.758. The molecule has 0 radical (unpaired) electrons. The van der Waals surface area contributed by atoms with Crippen molar-refractivity contribution >= 4 is 12.0 Å². The van der Waals surface area contributed by atoms with E-state index in [4.69, 9.17) is 9.47 Å². The topological polar surface area (TPSA) is 88.1 Å². The van der Waals surface area contributed by atoms with E-state index in [0.29, 0.717) is 39.1 Å². The highest BCUT2D eigenvalue weighted by Crippen LogP contribution is 2.22. The molecule has 0 saturated carbocycles. The van der Waals surface area contributed by atoms with Crippen LogP contribution >= 0.6 is 0 Å². The van der Waals surface area contributed by atoms with Crippen LogP contribution in [0.25, 0.3) is 0 Å². The number of urea groups is 1. The fourth-order valence-corrected chi connectivity index (χ4v) is 2.50. The van der Waals surface area contributed by atoms with E-state index in [2.05, 4.69) is 5.32 Å². The third-order valence-electron chi connectivity index (χ3n) is 3.87. The number of methoxy groups -OCH3 is 1. The number of hydrogen-bond acceptors (Lipinski definition) is 4. The van der Waals surface area contributed by atoms with E-state index in [9.17, 15) is 14.7 Å². The lowest BCUT2D eigenvalue weighted by Gasteiger charge is -2.35. The number of amides is 2. The van der Waals surface area contributed by atoms with Gasteiger partial charge in [-0.3, -0.25) is 0 Å². The average molecular weight is 272 g/mol. The number of rotatable bonds is 3. The van der Waals surface area contributed by atoms with Crippen molar-refractivity contribution < 1.29 is 24.2 Å². The normalized spacial score (nSPS) is 26.2. The standard InChI is InChI=1S/C12H20N2O5/c1-18-9-2-5-14(8-9)11(17)13-12(10(15)16)3-6-19-7-4-12/h9H,2-8H2,1H3,(H,13,17)(H,15,16). The third-order valence-corrected chi connectivity index (χ3v) is 3.87. The number of aliphatic carboxylic acids is 1. The van der Waals surface area contributed by atoms with Gasteiger partial charge in [-0.25, -0.2) is 9.59 Å². The first kappa shape index (κ1) is 14.1. The molecule has 0 aromatic carbocycles. The molecule has 2 heterocycles. The lowest BCUT2D eigenvalue weighted by atomic mass is 9.90. The van der Waals surface area contributed by atoms with Crippen LogP contribution in [-0.2, 0) is 14.3 Å². The Labute approximate surface area is 111 Å². The monoisotopic (exact) mass is 272 g/mol. The van der Waals surface area contributed by atoms with Crippen molar-refractivity contribution in [3.05, 3.63) is 0 Å². The number of carboxylic acid groups (broad SMARTS) is 1. The Morgan fingerprint density at radius 1 is 1.42 bits per heavy atom. The van der Waals surface area contributed by atoms with E-state index in [1.807, 2.05) is 0 Å². The fraction of sp³-hybridized carbons (Fsp3) is 0.833. The first-order chi connectivity index (χ1) is 9.07. The molecule has 2 fully saturated rings. The summed E-state index contributed by atoms with van der Waals surface area (Å²) in [5.41, 5.74) is -1.19. The van der Waals surface area contributed by atoms with Crippen LogP contribution < -0.4 is 5.32 Å². The molecule has 2 aliphatic heterocycles. The summed E-state index contributed by atoms with van der Waals surface area (Å²) < 4.78 is 10.4. The van der Waals surface area contributed by atoms with Gasteiger partial charge < -0.3 is 24.8 Å². The highest BCUT2D eigenvalue weighted by Gasteiger charge is 2.43. The van der Waals surface area contributed by atoms with E-state index >= 15 is 0 Å². The van der Waals surface area contributed by atoms with Crippen molar-refractivity contribution in [2.45, 2.75) is 30.9 Å². The van der Waals surface area contributed by atoms with Crippen molar-refractivity contribution in [3.63, 3.8) is 0 Å². The second-order valence-corrected chi connectivity index (χ2v) is 5.02. The van der Waals surface area contributed by atoms with Crippen LogP contribution in [-0.4, -0.2) is 67.1 Å². The Morgan fingerprint density at radius 2 is 2.11 bits per heavy atom. The smallest absolute Gasteiger partial charge is 0.329 e. The van der Waals surface area contributed by atoms with Gasteiger partial charge in [0.25, 0.3) is 0 Å². The van der Waals surface area contributed by atoms with Gasteiger partial charge in [-0.2, -0.15) is 0 Å². The minimum Gasteiger partial charge on any atom is -0.480 e. The summed E-state index contributed by atoms with van der Waals surface area (Å²) in [6.07, 6.45) is 1.43. The highest BCUT2D eigenvalue weighted by molar-refractivity contribution is 5.86. The van der Waals surface area contributed by atoms with E-state index in [1.54, 1.807) is 12.0 Å². The zero-order valence-corrected chi connectivity index (χ0v) is 11.1. The van der Waals surface area contributed by atoms with Crippen molar-refractivity contribution in [1.29, 1.82) is 0 Å². The minimum absolute atomic E-state index is 0.0428. The lowest BCUT2D eigenvalue weighted by Crippen LogP contribution is -2.60. The Morgan fingerprint density at radius 3 is 2.63 bits per heavy atom. The molecule has 0 aromatic heterocycles. The molecule has 0 aromatic rings. The molecule has 1 unspecified atom stereocenters. The van der Waals surface area contributed by atoms with E-state index < -0.39 is 11.5 Å². The maximum absolute atomic E-state index is 12.1. The molecular weight excluding hydrogens is 252 g/mol. The summed E-state index contributed by atoms with van der Waals surface area (Å²) in [5.74, 6) is -0.994. The number of carbonyl (C=O) groups is 2. The predicted molar refractivity (Wildman–Crippen MR) is 65.9 cm³/mol. The van der Waals surface area contributed by atoms with Gasteiger partial charge in [0.05, 0.1) is 6.10 Å². The van der Waals surface area contributed by atoms with Gasteiger partial charge >= 0.3 is 12.0 Å². The Kier molecular flexibility index (Phi) is 4.26. The molecule has 2 aliphatic rings. The van der Waals surface area contributed by atoms with Gasteiger partial charge in [0.1, 0.15) is 5.54 Å². The molecule has 7 heteroatoms. The van der Waals surface area contributed by atoms with Gasteiger partial charge in [-0.15, -0.1) is 0 Å². The molecule has 2 rings (SSSR count). The maximum atomic E-state index is 12.1. The minimum atomic E-state index is -1.19. The molecule has 2 amide bonds. The van der Waals surface area contributed by atoms with Crippen molar-refractivity contribution in [3.8, 4) is 0 Å². The van der Waals surface area contributed by atoms with Gasteiger partial charge in [0, 0.05) is 46.3 Å². The molecule has 0 aliphatic carbocycles. The van der Waals surface area contributed by atoms with Crippen LogP contribution in [0.1, 0.15) is 19.3 Å². The molecule has 19 heavy (non-hydrogen) atoms. The van der Waals surface area contributed by atoms with Crippen LogP contribution in [0.3, 0.4) is 0 Å². The average Bonchev–Trinajstić information content (AvgIpc) is 2.88. The zero-order valence-electron chi connectivity index (χ0n) is 11.1. The van der Waals surface area contributed by atoms with E-state index in [0.717, 1.165) is 6.42 Å². The van der Waals surface area contributed by atoms with Crippen LogP contribution in [0, 0.1) is 0 Å². The molecule has 1 atom stereocenters. The summed E-state index contributed by atoms with van der Waals surface area (Å²) in [6, 6.07) is -0.330. The van der Waals surface area contributed by atoms with Crippen molar-refractivity contribution in [1.82, 2.24) is 10.2 Å². The van der Waals surface area contributed by atoms with Crippen LogP contribution in [0.5, 0.6) is 0 Å². The number of hydrogen-bond donors (Lipinski definition) is 2. The third kappa shape index (κ3) is 2.98. The number of carboxylic acids is 1. The Hall–Kier alpha value is -1.34. The molecular formula is C12H20N2O5. The van der Waals surface area contributed by atoms with Crippen LogP contribution in [0.2, 0.25) is 0 Å². The zero-order chi connectivity index (χ0) is 13.9. The first-order valence-electron chi connectivity index (χ1n) is 6.48. The van der Waals surface area contributed by atoms with E-state index in [1.165, 1.54) is 0 Å². The van der Waals surface area contributed by atoms with Crippen molar-refractivity contribution in [2.24, 2.45) is 0 Å². The number of nitrogens with zero attached hydrogens (tertiary/aromatic N) is 1. The molecule has 2 N–H and O–H groups in total. The molecule has 7 nitrogen and oxygen atoms in total. The molecule has 108 valence electrons. The highest BCUT2D eigenvalue weighted by atomic mass is 16.5. The number of likely N-dealkylation sites (tertiary alicyclic amines) is 1. The summed E-state index contributed by atoms with van der Waals surface area (Å²) in [7, 11) is 1.61. The number of ether oxygens (including phenoxy) is 2. The van der Waals surface area contributed by atoms with Gasteiger partial charge in [-0.1, -0.05) is 0 Å². The van der Waals surface area contributed by atoms with Gasteiger partial charge in [0.15, 0.2) is 0 Å². The first-order valence-corrected chi connectivity index (χ1v) is 6.48. The fourth-order valence-electron chi connectivity index (χ4n) is 2.50. The number of carbonyl (C=O) groups excluding carboxylic acids is 1. The van der Waals surface area contributed by atoms with E-state index in [-0.39, 0.29) is 12.1 Å². The summed E-state index contributed by atoms with van der Waals surface area (Å²) >= 11 is 0. The Bertz CT molecular complexity index is 354. The SMILES string of the molecule is COC1CCN(C(=O)NC2(C(=O)O)CCOCC2)C1. The number of nitrogens with one attached hydrogen (secondary N) is 1. The lowest BCUT2D eigenvalue weighted by molar-refractivity contribution is -0.148. The predicted octanol–water partition coefficient (Wildman–Crippen LogP) is 0.0505. The maximum Gasteiger partial charge on any atom is 0.329 e. The second kappa shape index (κ2) is 5.75. The van der Waals surface area contributed by atoms with Gasteiger partial charge in [0.2, 0.25) is 0 Å². The van der Waals surface area contributed by atoms with Crippen LogP contribution in [0.15, 0.2) is 0 Å². The largest absolute Gasteiger partial charge is 0.480 e. The second-order valence-electron chi connectivity index (χ2n) is 5.02.